The molecule has 0 aliphatic carbocycles. The van der Waals surface area contributed by atoms with Crippen LogP contribution in [0.2, 0.25) is 10.0 Å². The topological polar surface area (TPSA) is 73.0 Å². The summed E-state index contributed by atoms with van der Waals surface area (Å²) < 4.78 is 0. The highest BCUT2D eigenvalue weighted by Crippen LogP contribution is 2.44. The molecule has 2 fully saturated rings. The van der Waals surface area contributed by atoms with Gasteiger partial charge in [-0.3, -0.25) is 14.4 Å². The standard InChI is InChI=1S/C31H40Cl2N4O3/c1-4-6-17-35(3)29(39)22-10-13-24(14-11-22)36-19-16-31(30(40)34-5-2,37-18-8-7-9-28(37)38)21-27(36)23-12-15-25(32)26(33)20-23/h10-15,20,27H,4-9,16-19,21H2,1-3H3,(H,34,40). The average Bonchev–Trinajstić information content (AvgIpc) is 2.97. The van der Waals surface area contributed by atoms with E-state index >= 15 is 0 Å². The molecule has 2 aliphatic rings. The molecule has 0 bridgehead atoms. The zero-order valence-electron chi connectivity index (χ0n) is 23.7. The first-order chi connectivity index (χ1) is 19.2. The maximum absolute atomic E-state index is 13.8. The van der Waals surface area contributed by atoms with Crippen LogP contribution in [0.1, 0.15) is 80.8 Å². The number of nitrogens with zero attached hydrogens (tertiary/aromatic N) is 3. The van der Waals surface area contributed by atoms with Gasteiger partial charge in [-0.05, 0) is 74.6 Å². The number of halogens is 2. The van der Waals surface area contributed by atoms with E-state index in [2.05, 4.69) is 17.1 Å². The monoisotopic (exact) mass is 586 g/mol. The number of likely N-dealkylation sites (tertiary alicyclic amines) is 1. The first-order valence-corrected chi connectivity index (χ1v) is 15.1. The highest BCUT2D eigenvalue weighted by atomic mass is 35.5. The number of unbranched alkanes of at least 4 members (excludes halogenated alkanes) is 1. The van der Waals surface area contributed by atoms with Gasteiger partial charge < -0.3 is 20.0 Å². The van der Waals surface area contributed by atoms with E-state index in [0.29, 0.717) is 54.5 Å². The minimum Gasteiger partial charge on any atom is -0.364 e. The summed E-state index contributed by atoms with van der Waals surface area (Å²) in [5.41, 5.74) is 1.55. The molecule has 2 aromatic carbocycles. The smallest absolute Gasteiger partial charge is 0.253 e. The molecule has 4 rings (SSSR count). The number of rotatable bonds is 9. The van der Waals surface area contributed by atoms with Gasteiger partial charge in [0.1, 0.15) is 5.54 Å². The molecule has 3 amide bonds. The maximum atomic E-state index is 13.8. The zero-order valence-corrected chi connectivity index (χ0v) is 25.2. The highest BCUT2D eigenvalue weighted by Gasteiger charge is 2.51. The average molecular weight is 588 g/mol. The molecule has 9 heteroatoms. The van der Waals surface area contributed by atoms with Crippen LogP contribution in [0.4, 0.5) is 5.69 Å². The molecule has 2 atom stereocenters. The number of nitrogens with one attached hydrogen (secondary N) is 1. The van der Waals surface area contributed by atoms with E-state index in [-0.39, 0.29) is 23.8 Å². The number of hydrogen-bond acceptors (Lipinski definition) is 4. The minimum atomic E-state index is -0.960. The fourth-order valence-electron chi connectivity index (χ4n) is 5.99. The van der Waals surface area contributed by atoms with Crippen molar-refractivity contribution >= 4 is 46.6 Å². The van der Waals surface area contributed by atoms with Gasteiger partial charge in [-0.2, -0.15) is 0 Å². The second kappa shape index (κ2) is 13.3. The molecule has 7 nitrogen and oxygen atoms in total. The van der Waals surface area contributed by atoms with Crippen molar-refractivity contribution in [3.63, 3.8) is 0 Å². The molecular weight excluding hydrogens is 547 g/mol. The third-order valence-corrected chi connectivity index (χ3v) is 8.98. The van der Waals surface area contributed by atoms with Gasteiger partial charge in [0.25, 0.3) is 5.91 Å². The Morgan fingerprint density at radius 1 is 1.05 bits per heavy atom. The molecule has 2 aliphatic heterocycles. The molecule has 2 heterocycles. The second-order valence-electron chi connectivity index (χ2n) is 10.9. The van der Waals surface area contributed by atoms with Gasteiger partial charge in [0.2, 0.25) is 11.8 Å². The fraction of sp³-hybridized carbons (Fsp3) is 0.516. The Balaban J connectivity index is 1.71. The fourth-order valence-corrected chi connectivity index (χ4v) is 6.30. The lowest BCUT2D eigenvalue weighted by atomic mass is 9.77. The molecule has 40 heavy (non-hydrogen) atoms. The van der Waals surface area contributed by atoms with E-state index in [1.165, 1.54) is 0 Å². The van der Waals surface area contributed by atoms with Gasteiger partial charge in [0.05, 0.1) is 16.1 Å². The van der Waals surface area contributed by atoms with E-state index in [0.717, 1.165) is 43.5 Å². The Hall–Kier alpha value is -2.77. The number of anilines is 1. The van der Waals surface area contributed by atoms with Crippen LogP contribution < -0.4 is 10.2 Å². The van der Waals surface area contributed by atoms with E-state index in [1.807, 2.05) is 55.3 Å². The molecule has 216 valence electrons. The van der Waals surface area contributed by atoms with E-state index < -0.39 is 5.54 Å². The highest BCUT2D eigenvalue weighted by molar-refractivity contribution is 6.42. The Morgan fingerprint density at radius 2 is 1.80 bits per heavy atom. The van der Waals surface area contributed by atoms with Gasteiger partial charge in [-0.1, -0.05) is 42.6 Å². The van der Waals surface area contributed by atoms with Crippen LogP contribution in [0.5, 0.6) is 0 Å². The van der Waals surface area contributed by atoms with Crippen molar-refractivity contribution < 1.29 is 14.4 Å². The summed E-state index contributed by atoms with van der Waals surface area (Å²) in [5.74, 6) is -0.0709. The predicted octanol–water partition coefficient (Wildman–Crippen LogP) is 6.09. The number of carbonyl (C=O) groups excluding carboxylic acids is 3. The van der Waals surface area contributed by atoms with Crippen LogP contribution in [0.15, 0.2) is 42.5 Å². The Labute approximate surface area is 247 Å². The molecule has 2 aromatic rings. The van der Waals surface area contributed by atoms with Crippen LogP contribution >= 0.6 is 23.2 Å². The summed E-state index contributed by atoms with van der Waals surface area (Å²) in [6, 6.07) is 13.0. The van der Waals surface area contributed by atoms with Crippen molar-refractivity contribution in [1.29, 1.82) is 0 Å². The van der Waals surface area contributed by atoms with E-state index in [4.69, 9.17) is 23.2 Å². The molecule has 0 spiro atoms. The van der Waals surface area contributed by atoms with Gasteiger partial charge in [0.15, 0.2) is 0 Å². The van der Waals surface area contributed by atoms with Crippen LogP contribution in [-0.2, 0) is 9.59 Å². The van der Waals surface area contributed by atoms with Crippen LogP contribution in [0, 0.1) is 0 Å². The normalized spacial score (nSPS) is 21.3. The van der Waals surface area contributed by atoms with E-state index in [9.17, 15) is 14.4 Å². The SMILES string of the molecule is CCCCN(C)C(=O)c1ccc(N2CCC(C(=O)NCC)(N3CCCCC3=O)CC2c2ccc(Cl)c(Cl)c2)cc1. The van der Waals surface area contributed by atoms with Gasteiger partial charge in [-0.15, -0.1) is 0 Å². The van der Waals surface area contributed by atoms with Crippen molar-refractivity contribution in [1.82, 2.24) is 15.1 Å². The van der Waals surface area contributed by atoms with E-state index in [1.54, 1.807) is 11.0 Å². The quantitative estimate of drug-likeness (QED) is 0.385. The number of hydrogen-bond donors (Lipinski definition) is 1. The summed E-state index contributed by atoms with van der Waals surface area (Å²) in [6.45, 7) is 6.35. The second-order valence-corrected chi connectivity index (χ2v) is 11.7. The molecule has 0 radical (unpaired) electrons. The Kier molecular flexibility index (Phi) is 10.0. The van der Waals surface area contributed by atoms with Crippen LogP contribution in [0.25, 0.3) is 0 Å². The molecule has 2 saturated heterocycles. The number of carbonyl (C=O) groups is 3. The first kappa shape index (κ1) is 30.2. The lowest BCUT2D eigenvalue weighted by Gasteiger charge is -2.52. The molecule has 2 unspecified atom stereocenters. The largest absolute Gasteiger partial charge is 0.364 e. The number of benzene rings is 2. The van der Waals surface area contributed by atoms with Crippen molar-refractivity contribution in [3.8, 4) is 0 Å². The number of piperidine rings is 2. The van der Waals surface area contributed by atoms with Crippen molar-refractivity contribution in [2.75, 3.05) is 38.1 Å². The number of likely N-dealkylation sites (N-methyl/N-ethyl adjacent to an activating group) is 1. The third-order valence-electron chi connectivity index (χ3n) is 8.24. The van der Waals surface area contributed by atoms with Crippen molar-refractivity contribution in [3.05, 3.63) is 63.6 Å². The summed E-state index contributed by atoms with van der Waals surface area (Å²) in [5, 5.41) is 3.93. The molecular formula is C31H40Cl2N4O3. The third kappa shape index (κ3) is 6.26. The van der Waals surface area contributed by atoms with Crippen molar-refractivity contribution in [2.45, 2.75) is 70.4 Å². The predicted molar refractivity (Wildman–Crippen MR) is 161 cm³/mol. The van der Waals surface area contributed by atoms with Crippen molar-refractivity contribution in [2.24, 2.45) is 0 Å². The molecule has 0 aromatic heterocycles. The minimum absolute atomic E-state index is 0.00135. The molecule has 1 N–H and O–H groups in total. The maximum Gasteiger partial charge on any atom is 0.253 e. The Bertz CT molecular complexity index is 1220. The Morgan fingerprint density at radius 3 is 2.45 bits per heavy atom. The summed E-state index contributed by atoms with van der Waals surface area (Å²) in [4.78, 5) is 45.7. The lowest BCUT2D eigenvalue weighted by molar-refractivity contribution is -0.152. The summed E-state index contributed by atoms with van der Waals surface area (Å²) >= 11 is 12.7. The van der Waals surface area contributed by atoms with Crippen LogP contribution in [-0.4, -0.2) is 66.3 Å². The van der Waals surface area contributed by atoms with Gasteiger partial charge in [-0.25, -0.2) is 0 Å². The molecule has 0 saturated carbocycles. The first-order valence-electron chi connectivity index (χ1n) is 14.4. The zero-order chi connectivity index (χ0) is 28.9. The lowest BCUT2D eigenvalue weighted by Crippen LogP contribution is -2.66. The summed E-state index contributed by atoms with van der Waals surface area (Å²) in [7, 11) is 1.83. The van der Waals surface area contributed by atoms with Gasteiger partial charge >= 0.3 is 0 Å². The van der Waals surface area contributed by atoms with Crippen LogP contribution in [0.3, 0.4) is 0 Å². The van der Waals surface area contributed by atoms with Gasteiger partial charge in [0, 0.05) is 57.3 Å². The number of amides is 3. The summed E-state index contributed by atoms with van der Waals surface area (Å²) in [6.07, 6.45) is 5.11.